The van der Waals surface area contributed by atoms with E-state index in [0.29, 0.717) is 18.7 Å². The van der Waals surface area contributed by atoms with Crippen LogP contribution in [-0.4, -0.2) is 26.2 Å². The average Bonchev–Trinajstić information content (AvgIpc) is 2.66. The second-order valence-corrected chi connectivity index (χ2v) is 5.71. The van der Waals surface area contributed by atoms with Gasteiger partial charge in [-0.3, -0.25) is 4.79 Å². The average molecular weight is 335 g/mol. The van der Waals surface area contributed by atoms with E-state index in [2.05, 4.69) is 5.32 Å². The van der Waals surface area contributed by atoms with Crippen molar-refractivity contribution < 1.29 is 14.3 Å². The summed E-state index contributed by atoms with van der Waals surface area (Å²) in [6.07, 6.45) is 0.714. The standard InChI is InChI=1S/C21H21NO3/c1-24-20-9-5-4-7-17(20)12-13-22-21(23)15-25-19-11-10-16-6-2-3-8-18(16)14-19/h2-11,14H,12-13,15H2,1H3,(H,22,23). The summed E-state index contributed by atoms with van der Waals surface area (Å²) in [6.45, 7) is 0.546. The van der Waals surface area contributed by atoms with Crippen LogP contribution in [0.5, 0.6) is 11.5 Å². The molecule has 1 N–H and O–H groups in total. The van der Waals surface area contributed by atoms with Crippen LogP contribution in [0.4, 0.5) is 0 Å². The Morgan fingerprint density at radius 1 is 0.960 bits per heavy atom. The lowest BCUT2D eigenvalue weighted by Gasteiger charge is -2.10. The van der Waals surface area contributed by atoms with Gasteiger partial charge in [-0.25, -0.2) is 0 Å². The normalized spacial score (nSPS) is 10.4. The van der Waals surface area contributed by atoms with Gasteiger partial charge in [0.1, 0.15) is 11.5 Å². The second kappa shape index (κ2) is 8.20. The molecular weight excluding hydrogens is 314 g/mol. The Balaban J connectivity index is 1.47. The fraction of sp³-hybridized carbons (Fsp3) is 0.190. The Hall–Kier alpha value is -3.01. The molecule has 4 heteroatoms. The number of hydrogen-bond donors (Lipinski definition) is 1. The van der Waals surface area contributed by atoms with E-state index in [9.17, 15) is 4.79 Å². The van der Waals surface area contributed by atoms with Crippen molar-refractivity contribution >= 4 is 16.7 Å². The molecule has 4 nitrogen and oxygen atoms in total. The molecule has 0 bridgehead atoms. The number of hydrogen-bond acceptors (Lipinski definition) is 3. The Kier molecular flexibility index (Phi) is 5.52. The van der Waals surface area contributed by atoms with Crippen LogP contribution < -0.4 is 14.8 Å². The highest BCUT2D eigenvalue weighted by Crippen LogP contribution is 2.20. The molecule has 0 aliphatic carbocycles. The van der Waals surface area contributed by atoms with Crippen LogP contribution in [0, 0.1) is 0 Å². The van der Waals surface area contributed by atoms with Crippen LogP contribution in [0.3, 0.4) is 0 Å². The number of carbonyl (C=O) groups excluding carboxylic acids is 1. The van der Waals surface area contributed by atoms with Gasteiger partial charge in [-0.05, 0) is 41.0 Å². The summed E-state index contributed by atoms with van der Waals surface area (Å²) in [7, 11) is 1.65. The number of fused-ring (bicyclic) bond motifs is 1. The Morgan fingerprint density at radius 2 is 1.72 bits per heavy atom. The van der Waals surface area contributed by atoms with Crippen molar-refractivity contribution in [1.29, 1.82) is 0 Å². The van der Waals surface area contributed by atoms with Gasteiger partial charge in [0.2, 0.25) is 0 Å². The Bertz CT molecular complexity index is 860. The highest BCUT2D eigenvalue weighted by molar-refractivity contribution is 5.84. The number of benzene rings is 3. The van der Waals surface area contributed by atoms with Crippen molar-refractivity contribution in [1.82, 2.24) is 5.32 Å². The number of nitrogens with one attached hydrogen (secondary N) is 1. The third-order valence-corrected chi connectivity index (χ3v) is 4.00. The van der Waals surface area contributed by atoms with E-state index in [1.807, 2.05) is 66.7 Å². The smallest absolute Gasteiger partial charge is 0.257 e. The van der Waals surface area contributed by atoms with Crippen LogP contribution in [0.15, 0.2) is 66.7 Å². The maximum atomic E-state index is 12.0. The van der Waals surface area contributed by atoms with Crippen LogP contribution in [0.25, 0.3) is 10.8 Å². The fourth-order valence-corrected chi connectivity index (χ4v) is 2.70. The molecule has 0 aromatic heterocycles. The summed E-state index contributed by atoms with van der Waals surface area (Å²) in [6, 6.07) is 21.7. The van der Waals surface area contributed by atoms with E-state index >= 15 is 0 Å². The van der Waals surface area contributed by atoms with Crippen LogP contribution >= 0.6 is 0 Å². The number of rotatable bonds is 7. The number of ether oxygens (including phenoxy) is 2. The van der Waals surface area contributed by atoms with Crippen molar-refractivity contribution in [3.05, 3.63) is 72.3 Å². The highest BCUT2D eigenvalue weighted by atomic mass is 16.5. The van der Waals surface area contributed by atoms with E-state index in [1.54, 1.807) is 7.11 Å². The van der Waals surface area contributed by atoms with Crippen molar-refractivity contribution in [2.75, 3.05) is 20.3 Å². The largest absolute Gasteiger partial charge is 0.496 e. The summed E-state index contributed by atoms with van der Waals surface area (Å²) in [5.41, 5.74) is 1.07. The van der Waals surface area contributed by atoms with Gasteiger partial charge in [0.25, 0.3) is 5.91 Å². The summed E-state index contributed by atoms with van der Waals surface area (Å²) in [5.74, 6) is 1.39. The minimum Gasteiger partial charge on any atom is -0.496 e. The molecule has 0 heterocycles. The zero-order valence-electron chi connectivity index (χ0n) is 14.2. The summed E-state index contributed by atoms with van der Waals surface area (Å²) in [5, 5.41) is 5.11. The SMILES string of the molecule is COc1ccccc1CCNC(=O)COc1ccc2ccccc2c1. The Labute approximate surface area is 147 Å². The molecular formula is C21H21NO3. The first-order chi connectivity index (χ1) is 12.3. The zero-order valence-corrected chi connectivity index (χ0v) is 14.2. The van der Waals surface area contributed by atoms with Gasteiger partial charge in [-0.2, -0.15) is 0 Å². The van der Waals surface area contributed by atoms with E-state index in [1.165, 1.54) is 0 Å². The van der Waals surface area contributed by atoms with Crippen molar-refractivity contribution in [3.63, 3.8) is 0 Å². The topological polar surface area (TPSA) is 47.6 Å². The van der Waals surface area contributed by atoms with E-state index in [4.69, 9.17) is 9.47 Å². The number of amides is 1. The lowest BCUT2D eigenvalue weighted by atomic mass is 10.1. The minimum absolute atomic E-state index is 0.00423. The third-order valence-electron chi connectivity index (χ3n) is 4.00. The van der Waals surface area contributed by atoms with Gasteiger partial charge in [0.15, 0.2) is 6.61 Å². The molecule has 128 valence electrons. The quantitative estimate of drug-likeness (QED) is 0.718. The number of methoxy groups -OCH3 is 1. The van der Waals surface area contributed by atoms with E-state index < -0.39 is 0 Å². The molecule has 0 fully saturated rings. The molecule has 1 amide bonds. The van der Waals surface area contributed by atoms with E-state index in [-0.39, 0.29) is 12.5 Å². The predicted molar refractivity (Wildman–Crippen MR) is 99.2 cm³/mol. The predicted octanol–water partition coefficient (Wildman–Crippen LogP) is 3.59. The fourth-order valence-electron chi connectivity index (χ4n) is 2.70. The number of para-hydroxylation sites is 1. The molecule has 0 aliphatic rings. The first-order valence-electron chi connectivity index (χ1n) is 8.26. The summed E-state index contributed by atoms with van der Waals surface area (Å²) >= 11 is 0. The van der Waals surface area contributed by atoms with E-state index in [0.717, 1.165) is 22.1 Å². The molecule has 3 aromatic rings. The van der Waals surface area contributed by atoms with Crippen LogP contribution in [-0.2, 0) is 11.2 Å². The van der Waals surface area contributed by atoms with Crippen molar-refractivity contribution in [2.45, 2.75) is 6.42 Å². The zero-order chi connectivity index (χ0) is 17.5. The van der Waals surface area contributed by atoms with Gasteiger partial charge in [0, 0.05) is 6.54 Å². The van der Waals surface area contributed by atoms with Gasteiger partial charge in [0.05, 0.1) is 7.11 Å². The lowest BCUT2D eigenvalue weighted by Crippen LogP contribution is -2.30. The first-order valence-corrected chi connectivity index (χ1v) is 8.26. The third kappa shape index (κ3) is 4.51. The molecule has 0 aliphatic heterocycles. The van der Waals surface area contributed by atoms with Gasteiger partial charge < -0.3 is 14.8 Å². The van der Waals surface area contributed by atoms with Crippen LogP contribution in [0.1, 0.15) is 5.56 Å². The van der Waals surface area contributed by atoms with Gasteiger partial charge >= 0.3 is 0 Å². The second-order valence-electron chi connectivity index (χ2n) is 5.71. The molecule has 3 rings (SSSR count). The van der Waals surface area contributed by atoms with Crippen molar-refractivity contribution in [3.8, 4) is 11.5 Å². The molecule has 0 saturated heterocycles. The molecule has 25 heavy (non-hydrogen) atoms. The summed E-state index contributed by atoms with van der Waals surface area (Å²) < 4.78 is 10.9. The maximum Gasteiger partial charge on any atom is 0.257 e. The molecule has 3 aromatic carbocycles. The monoisotopic (exact) mass is 335 g/mol. The molecule has 0 saturated carbocycles. The molecule has 0 atom stereocenters. The number of carbonyl (C=O) groups is 1. The summed E-state index contributed by atoms with van der Waals surface area (Å²) in [4.78, 5) is 12.0. The Morgan fingerprint density at radius 3 is 2.56 bits per heavy atom. The lowest BCUT2D eigenvalue weighted by molar-refractivity contribution is -0.123. The van der Waals surface area contributed by atoms with Gasteiger partial charge in [-0.15, -0.1) is 0 Å². The van der Waals surface area contributed by atoms with Crippen LogP contribution in [0.2, 0.25) is 0 Å². The highest BCUT2D eigenvalue weighted by Gasteiger charge is 2.05. The molecule has 0 spiro atoms. The maximum absolute atomic E-state index is 12.0. The van der Waals surface area contributed by atoms with Gasteiger partial charge in [-0.1, -0.05) is 48.5 Å². The minimum atomic E-state index is -0.136. The molecule has 0 radical (unpaired) electrons. The first kappa shape index (κ1) is 16.8. The molecule has 0 unspecified atom stereocenters. The van der Waals surface area contributed by atoms with Crippen molar-refractivity contribution in [2.24, 2.45) is 0 Å².